The Hall–Kier alpha value is -2.89. The average Bonchev–Trinajstić information content (AvgIpc) is 2.55. The molecular formula is C18H20N2O4. The molecule has 0 aliphatic rings. The Kier molecular flexibility index (Phi) is 5.52. The summed E-state index contributed by atoms with van der Waals surface area (Å²) in [6, 6.07) is 13.4. The predicted octanol–water partition coefficient (Wildman–Crippen LogP) is 4.12. The average molecular weight is 328 g/mol. The maximum atomic E-state index is 12.3. The standard InChI is InChI=1S/C18H20N2O4/c1-12(2)16-9-4-5-10-17(16)24-13(3)18(21)19-14-7-6-8-15(11-14)20(22)23/h4-13H,1-3H3,(H,19,21)/t13-/m1/s1. The number of nitrogens with zero attached hydrogens (tertiary/aromatic N) is 1. The van der Waals surface area contributed by atoms with Gasteiger partial charge in [-0.3, -0.25) is 14.9 Å². The van der Waals surface area contributed by atoms with Crippen LogP contribution in [0, 0.1) is 10.1 Å². The fraction of sp³-hybridized carbons (Fsp3) is 0.278. The van der Waals surface area contributed by atoms with Crippen molar-refractivity contribution in [3.05, 3.63) is 64.2 Å². The highest BCUT2D eigenvalue weighted by atomic mass is 16.6. The second-order valence-corrected chi connectivity index (χ2v) is 5.75. The van der Waals surface area contributed by atoms with Gasteiger partial charge < -0.3 is 10.1 Å². The van der Waals surface area contributed by atoms with E-state index in [1.165, 1.54) is 18.2 Å². The van der Waals surface area contributed by atoms with Gasteiger partial charge in [0.05, 0.1) is 4.92 Å². The third kappa shape index (κ3) is 4.32. The molecule has 1 N–H and O–H groups in total. The summed E-state index contributed by atoms with van der Waals surface area (Å²) < 4.78 is 5.77. The molecular weight excluding hydrogens is 308 g/mol. The molecule has 2 aromatic rings. The van der Waals surface area contributed by atoms with Crippen LogP contribution in [-0.2, 0) is 4.79 Å². The van der Waals surface area contributed by atoms with E-state index in [0.717, 1.165) is 5.56 Å². The molecule has 2 aromatic carbocycles. The minimum Gasteiger partial charge on any atom is -0.481 e. The number of hydrogen-bond acceptors (Lipinski definition) is 4. The van der Waals surface area contributed by atoms with Crippen LogP contribution in [-0.4, -0.2) is 16.9 Å². The van der Waals surface area contributed by atoms with Gasteiger partial charge in [-0.25, -0.2) is 0 Å². The highest BCUT2D eigenvalue weighted by Gasteiger charge is 2.18. The normalized spacial score (nSPS) is 11.8. The highest BCUT2D eigenvalue weighted by Crippen LogP contribution is 2.27. The van der Waals surface area contributed by atoms with Gasteiger partial charge in [0.1, 0.15) is 5.75 Å². The van der Waals surface area contributed by atoms with Crippen LogP contribution in [0.3, 0.4) is 0 Å². The summed E-state index contributed by atoms with van der Waals surface area (Å²) in [5, 5.41) is 13.4. The number of rotatable bonds is 6. The molecule has 0 aliphatic heterocycles. The maximum absolute atomic E-state index is 12.3. The molecule has 2 rings (SSSR count). The van der Waals surface area contributed by atoms with Gasteiger partial charge >= 0.3 is 0 Å². The van der Waals surface area contributed by atoms with Gasteiger partial charge in [0.2, 0.25) is 0 Å². The molecule has 0 unspecified atom stereocenters. The van der Waals surface area contributed by atoms with Crippen LogP contribution in [0.1, 0.15) is 32.3 Å². The van der Waals surface area contributed by atoms with E-state index in [9.17, 15) is 14.9 Å². The number of non-ortho nitro benzene ring substituents is 1. The van der Waals surface area contributed by atoms with Crippen LogP contribution < -0.4 is 10.1 Å². The summed E-state index contributed by atoms with van der Waals surface area (Å²) in [5.41, 5.74) is 1.31. The molecule has 0 fully saturated rings. The van der Waals surface area contributed by atoms with Crippen molar-refractivity contribution in [1.82, 2.24) is 0 Å². The van der Waals surface area contributed by atoms with Crippen molar-refractivity contribution in [2.24, 2.45) is 0 Å². The summed E-state index contributed by atoms with van der Waals surface area (Å²) in [6.45, 7) is 5.75. The van der Waals surface area contributed by atoms with Crippen molar-refractivity contribution in [3.8, 4) is 5.75 Å². The molecule has 126 valence electrons. The lowest BCUT2D eigenvalue weighted by Gasteiger charge is -2.18. The number of anilines is 1. The van der Waals surface area contributed by atoms with Gasteiger partial charge in [0.25, 0.3) is 11.6 Å². The Bertz CT molecular complexity index is 743. The van der Waals surface area contributed by atoms with Crippen molar-refractivity contribution in [1.29, 1.82) is 0 Å². The lowest BCUT2D eigenvalue weighted by molar-refractivity contribution is -0.384. The second kappa shape index (κ2) is 7.59. The predicted molar refractivity (Wildman–Crippen MR) is 92.3 cm³/mol. The molecule has 0 aromatic heterocycles. The van der Waals surface area contributed by atoms with Gasteiger partial charge in [-0.05, 0) is 30.5 Å². The Morgan fingerprint density at radius 1 is 1.12 bits per heavy atom. The van der Waals surface area contributed by atoms with Crippen molar-refractivity contribution in [2.45, 2.75) is 32.8 Å². The van der Waals surface area contributed by atoms with Crippen molar-refractivity contribution < 1.29 is 14.5 Å². The fourth-order valence-corrected chi connectivity index (χ4v) is 2.25. The largest absolute Gasteiger partial charge is 0.481 e. The number of para-hydroxylation sites is 1. The minimum absolute atomic E-state index is 0.0773. The van der Waals surface area contributed by atoms with Gasteiger partial charge in [-0.1, -0.05) is 38.1 Å². The van der Waals surface area contributed by atoms with E-state index in [0.29, 0.717) is 11.4 Å². The van der Waals surface area contributed by atoms with Crippen LogP contribution in [0.25, 0.3) is 0 Å². The van der Waals surface area contributed by atoms with Crippen LogP contribution in [0.5, 0.6) is 5.75 Å². The molecule has 0 radical (unpaired) electrons. The first-order valence-electron chi connectivity index (χ1n) is 7.69. The highest BCUT2D eigenvalue weighted by molar-refractivity contribution is 5.94. The van der Waals surface area contributed by atoms with Gasteiger partial charge in [-0.15, -0.1) is 0 Å². The fourth-order valence-electron chi connectivity index (χ4n) is 2.25. The van der Waals surface area contributed by atoms with E-state index < -0.39 is 11.0 Å². The summed E-state index contributed by atoms with van der Waals surface area (Å²) in [5.74, 6) is 0.566. The molecule has 24 heavy (non-hydrogen) atoms. The lowest BCUT2D eigenvalue weighted by atomic mass is 10.0. The van der Waals surface area contributed by atoms with Crippen LogP contribution >= 0.6 is 0 Å². The first-order chi connectivity index (χ1) is 11.4. The van der Waals surface area contributed by atoms with Crippen LogP contribution in [0.2, 0.25) is 0 Å². The Labute approximate surface area is 140 Å². The molecule has 0 saturated heterocycles. The minimum atomic E-state index is -0.732. The number of carbonyl (C=O) groups is 1. The summed E-state index contributed by atoms with van der Waals surface area (Å²) in [4.78, 5) is 22.6. The number of nitro groups is 1. The van der Waals surface area contributed by atoms with Crippen LogP contribution in [0.4, 0.5) is 11.4 Å². The number of carbonyl (C=O) groups excluding carboxylic acids is 1. The third-order valence-corrected chi connectivity index (χ3v) is 3.54. The number of amides is 1. The lowest BCUT2D eigenvalue weighted by Crippen LogP contribution is -2.30. The zero-order chi connectivity index (χ0) is 17.7. The second-order valence-electron chi connectivity index (χ2n) is 5.75. The first kappa shape index (κ1) is 17.5. The van der Waals surface area contributed by atoms with Gasteiger partial charge in [0, 0.05) is 17.8 Å². The summed E-state index contributed by atoms with van der Waals surface area (Å²) in [7, 11) is 0. The molecule has 1 amide bonds. The monoisotopic (exact) mass is 328 g/mol. The van der Waals surface area contributed by atoms with Crippen molar-refractivity contribution >= 4 is 17.3 Å². The number of benzene rings is 2. The topological polar surface area (TPSA) is 81.5 Å². The summed E-state index contributed by atoms with van der Waals surface area (Å²) >= 11 is 0. The van der Waals surface area contributed by atoms with E-state index in [2.05, 4.69) is 19.2 Å². The molecule has 0 bridgehead atoms. The smallest absolute Gasteiger partial charge is 0.271 e. The number of ether oxygens (including phenoxy) is 1. The Morgan fingerprint density at radius 2 is 1.83 bits per heavy atom. The molecule has 6 heteroatoms. The Morgan fingerprint density at radius 3 is 2.50 bits per heavy atom. The summed E-state index contributed by atoms with van der Waals surface area (Å²) in [6.07, 6.45) is -0.732. The van der Waals surface area contributed by atoms with Crippen molar-refractivity contribution in [2.75, 3.05) is 5.32 Å². The number of nitro benzene ring substituents is 1. The number of nitrogens with one attached hydrogen (secondary N) is 1. The number of hydrogen-bond donors (Lipinski definition) is 1. The molecule has 0 aliphatic carbocycles. The first-order valence-corrected chi connectivity index (χ1v) is 7.69. The van der Waals surface area contributed by atoms with E-state index in [-0.39, 0.29) is 17.5 Å². The maximum Gasteiger partial charge on any atom is 0.271 e. The molecule has 0 heterocycles. The molecule has 0 saturated carbocycles. The molecule has 0 spiro atoms. The quantitative estimate of drug-likeness (QED) is 0.638. The van der Waals surface area contributed by atoms with E-state index in [1.54, 1.807) is 13.0 Å². The van der Waals surface area contributed by atoms with E-state index >= 15 is 0 Å². The van der Waals surface area contributed by atoms with E-state index in [4.69, 9.17) is 4.74 Å². The van der Waals surface area contributed by atoms with Crippen LogP contribution in [0.15, 0.2) is 48.5 Å². The third-order valence-electron chi connectivity index (χ3n) is 3.54. The molecule has 6 nitrogen and oxygen atoms in total. The van der Waals surface area contributed by atoms with Gasteiger partial charge in [-0.2, -0.15) is 0 Å². The zero-order valence-electron chi connectivity index (χ0n) is 13.9. The SMILES string of the molecule is CC(C)c1ccccc1O[C@H](C)C(=O)Nc1cccc([N+](=O)[O-])c1. The molecule has 1 atom stereocenters. The van der Waals surface area contributed by atoms with E-state index in [1.807, 2.05) is 24.3 Å². The van der Waals surface area contributed by atoms with Gasteiger partial charge in [0.15, 0.2) is 6.10 Å². The Balaban J connectivity index is 2.08. The van der Waals surface area contributed by atoms with Crippen molar-refractivity contribution in [3.63, 3.8) is 0 Å². The zero-order valence-corrected chi connectivity index (χ0v) is 13.9.